The summed E-state index contributed by atoms with van der Waals surface area (Å²) in [6.45, 7) is 8.83. The van der Waals surface area contributed by atoms with Crippen molar-refractivity contribution in [3.05, 3.63) is 65.7 Å². The van der Waals surface area contributed by atoms with Crippen LogP contribution in [0.4, 0.5) is 0 Å². The standard InChI is InChI=1S/C24H32N2O3/c1-5-22(24(28)25-15-18(2)3)26(16-20-11-7-6-8-12-20)23(27)17-29-21-13-9-10-19(4)14-21/h6-14,18,22H,5,15-17H2,1-4H3,(H,25,28)/t22-/m1/s1. The first-order valence-corrected chi connectivity index (χ1v) is 10.2. The van der Waals surface area contributed by atoms with Gasteiger partial charge in [0.2, 0.25) is 5.91 Å². The van der Waals surface area contributed by atoms with Crippen molar-refractivity contribution in [2.75, 3.05) is 13.2 Å². The number of aryl methyl sites for hydroxylation is 1. The molecule has 0 bridgehead atoms. The fraction of sp³-hybridized carbons (Fsp3) is 0.417. The van der Waals surface area contributed by atoms with Gasteiger partial charge in [-0.15, -0.1) is 0 Å². The molecule has 5 heteroatoms. The molecule has 2 aromatic rings. The Hall–Kier alpha value is -2.82. The molecule has 0 spiro atoms. The van der Waals surface area contributed by atoms with Gasteiger partial charge in [-0.1, -0.05) is 63.2 Å². The van der Waals surface area contributed by atoms with E-state index in [0.717, 1.165) is 11.1 Å². The van der Waals surface area contributed by atoms with Crippen LogP contribution in [0.2, 0.25) is 0 Å². The molecule has 156 valence electrons. The average molecular weight is 397 g/mol. The van der Waals surface area contributed by atoms with Gasteiger partial charge < -0.3 is 15.0 Å². The lowest BCUT2D eigenvalue weighted by Crippen LogP contribution is -2.50. The molecule has 29 heavy (non-hydrogen) atoms. The fourth-order valence-corrected chi connectivity index (χ4v) is 3.06. The van der Waals surface area contributed by atoms with Crippen LogP contribution >= 0.6 is 0 Å². The van der Waals surface area contributed by atoms with E-state index in [2.05, 4.69) is 5.32 Å². The molecule has 1 atom stereocenters. The smallest absolute Gasteiger partial charge is 0.261 e. The Bertz CT molecular complexity index is 790. The molecule has 0 aliphatic rings. The first-order chi connectivity index (χ1) is 13.9. The number of amides is 2. The minimum absolute atomic E-state index is 0.107. The van der Waals surface area contributed by atoms with Crippen molar-refractivity contribution in [3.8, 4) is 5.75 Å². The summed E-state index contributed by atoms with van der Waals surface area (Å²) in [5.74, 6) is 0.664. The van der Waals surface area contributed by atoms with Crippen LogP contribution in [0.5, 0.6) is 5.75 Å². The Balaban J connectivity index is 2.15. The summed E-state index contributed by atoms with van der Waals surface area (Å²) in [5.41, 5.74) is 2.04. The molecule has 0 saturated heterocycles. The molecule has 0 unspecified atom stereocenters. The number of nitrogens with one attached hydrogen (secondary N) is 1. The van der Waals surface area contributed by atoms with E-state index < -0.39 is 6.04 Å². The van der Waals surface area contributed by atoms with Gasteiger partial charge in [0.1, 0.15) is 11.8 Å². The van der Waals surface area contributed by atoms with Gasteiger partial charge >= 0.3 is 0 Å². The van der Waals surface area contributed by atoms with Gasteiger partial charge in [0.05, 0.1) is 0 Å². The largest absolute Gasteiger partial charge is 0.484 e. The van der Waals surface area contributed by atoms with Gasteiger partial charge in [0, 0.05) is 13.1 Å². The van der Waals surface area contributed by atoms with Gasteiger partial charge in [-0.2, -0.15) is 0 Å². The van der Waals surface area contributed by atoms with Crippen molar-refractivity contribution in [3.63, 3.8) is 0 Å². The third kappa shape index (κ3) is 7.26. The summed E-state index contributed by atoms with van der Waals surface area (Å²) in [5, 5.41) is 2.96. The number of carbonyl (C=O) groups is 2. The Kier molecular flexibility index (Phi) is 8.71. The zero-order chi connectivity index (χ0) is 21.2. The Morgan fingerprint density at radius 1 is 1.07 bits per heavy atom. The molecular weight excluding hydrogens is 364 g/mol. The van der Waals surface area contributed by atoms with E-state index in [1.807, 2.05) is 82.3 Å². The van der Waals surface area contributed by atoms with E-state index in [1.54, 1.807) is 4.90 Å². The highest BCUT2D eigenvalue weighted by molar-refractivity contribution is 5.88. The second-order valence-corrected chi connectivity index (χ2v) is 7.68. The van der Waals surface area contributed by atoms with E-state index in [4.69, 9.17) is 4.74 Å². The van der Waals surface area contributed by atoms with Crippen LogP contribution in [0.3, 0.4) is 0 Å². The molecule has 5 nitrogen and oxygen atoms in total. The Morgan fingerprint density at radius 2 is 1.79 bits per heavy atom. The SMILES string of the molecule is CC[C@H](C(=O)NCC(C)C)N(Cc1ccccc1)C(=O)COc1cccc(C)c1. The highest BCUT2D eigenvalue weighted by Crippen LogP contribution is 2.15. The van der Waals surface area contributed by atoms with Gasteiger partial charge in [-0.05, 0) is 42.5 Å². The minimum atomic E-state index is -0.539. The zero-order valence-corrected chi connectivity index (χ0v) is 17.9. The van der Waals surface area contributed by atoms with Crippen LogP contribution in [0.1, 0.15) is 38.3 Å². The summed E-state index contributed by atoms with van der Waals surface area (Å²) in [6.07, 6.45) is 0.535. The maximum Gasteiger partial charge on any atom is 0.261 e. The first-order valence-electron chi connectivity index (χ1n) is 10.2. The van der Waals surface area contributed by atoms with E-state index >= 15 is 0 Å². The predicted octanol–water partition coefficient (Wildman–Crippen LogP) is 3.95. The summed E-state index contributed by atoms with van der Waals surface area (Å²) in [7, 11) is 0. The second kappa shape index (κ2) is 11.2. The van der Waals surface area contributed by atoms with Crippen LogP contribution in [0, 0.1) is 12.8 Å². The van der Waals surface area contributed by atoms with Crippen LogP contribution < -0.4 is 10.1 Å². The Labute approximate surface area is 174 Å². The average Bonchev–Trinajstić information content (AvgIpc) is 2.71. The predicted molar refractivity (Wildman–Crippen MR) is 116 cm³/mol. The monoisotopic (exact) mass is 396 g/mol. The summed E-state index contributed by atoms with van der Waals surface area (Å²) >= 11 is 0. The molecule has 2 aromatic carbocycles. The topological polar surface area (TPSA) is 58.6 Å². The van der Waals surface area contributed by atoms with Crippen molar-refractivity contribution >= 4 is 11.8 Å². The van der Waals surface area contributed by atoms with E-state index in [-0.39, 0.29) is 18.4 Å². The zero-order valence-electron chi connectivity index (χ0n) is 17.9. The molecule has 2 amide bonds. The molecule has 0 saturated carbocycles. The lowest BCUT2D eigenvalue weighted by Gasteiger charge is -2.30. The summed E-state index contributed by atoms with van der Waals surface area (Å²) in [6, 6.07) is 16.8. The van der Waals surface area contributed by atoms with E-state index in [0.29, 0.717) is 31.2 Å². The minimum Gasteiger partial charge on any atom is -0.484 e. The molecule has 1 N–H and O–H groups in total. The highest BCUT2D eigenvalue weighted by atomic mass is 16.5. The fourth-order valence-electron chi connectivity index (χ4n) is 3.06. The lowest BCUT2D eigenvalue weighted by atomic mass is 10.1. The number of hydrogen-bond donors (Lipinski definition) is 1. The van der Waals surface area contributed by atoms with E-state index in [9.17, 15) is 9.59 Å². The van der Waals surface area contributed by atoms with Gasteiger partial charge in [0.25, 0.3) is 5.91 Å². The van der Waals surface area contributed by atoms with Crippen molar-refractivity contribution in [2.24, 2.45) is 5.92 Å². The number of ether oxygens (including phenoxy) is 1. The van der Waals surface area contributed by atoms with E-state index in [1.165, 1.54) is 0 Å². The quantitative estimate of drug-likeness (QED) is 0.661. The van der Waals surface area contributed by atoms with Crippen molar-refractivity contribution in [1.82, 2.24) is 10.2 Å². The maximum absolute atomic E-state index is 13.1. The number of rotatable bonds is 10. The summed E-state index contributed by atoms with van der Waals surface area (Å²) < 4.78 is 5.72. The number of nitrogens with zero attached hydrogens (tertiary/aromatic N) is 1. The van der Waals surface area contributed by atoms with Gasteiger partial charge in [0.15, 0.2) is 6.61 Å². The molecule has 2 rings (SSSR count). The normalized spacial score (nSPS) is 11.8. The molecular formula is C24H32N2O3. The van der Waals surface area contributed by atoms with Crippen molar-refractivity contribution in [1.29, 1.82) is 0 Å². The number of carbonyl (C=O) groups excluding carboxylic acids is 2. The molecule has 0 radical (unpaired) electrons. The van der Waals surface area contributed by atoms with Crippen molar-refractivity contribution < 1.29 is 14.3 Å². The molecule has 0 heterocycles. The molecule has 0 aliphatic heterocycles. The Morgan fingerprint density at radius 3 is 2.41 bits per heavy atom. The number of benzene rings is 2. The number of hydrogen-bond acceptors (Lipinski definition) is 3. The third-order valence-electron chi connectivity index (χ3n) is 4.62. The highest BCUT2D eigenvalue weighted by Gasteiger charge is 2.28. The molecule has 0 aliphatic carbocycles. The van der Waals surface area contributed by atoms with Crippen LogP contribution in [0.25, 0.3) is 0 Å². The van der Waals surface area contributed by atoms with Crippen LogP contribution in [0.15, 0.2) is 54.6 Å². The lowest BCUT2D eigenvalue weighted by molar-refractivity contribution is -0.143. The van der Waals surface area contributed by atoms with Gasteiger partial charge in [-0.3, -0.25) is 9.59 Å². The van der Waals surface area contributed by atoms with Gasteiger partial charge in [-0.25, -0.2) is 0 Å². The van der Waals surface area contributed by atoms with Crippen LogP contribution in [-0.2, 0) is 16.1 Å². The second-order valence-electron chi connectivity index (χ2n) is 7.68. The van der Waals surface area contributed by atoms with Crippen LogP contribution in [-0.4, -0.2) is 35.9 Å². The molecule has 0 aromatic heterocycles. The van der Waals surface area contributed by atoms with Crippen molar-refractivity contribution in [2.45, 2.75) is 46.7 Å². The summed E-state index contributed by atoms with van der Waals surface area (Å²) in [4.78, 5) is 27.5. The molecule has 0 fully saturated rings. The first kappa shape index (κ1) is 22.5. The maximum atomic E-state index is 13.1. The third-order valence-corrected chi connectivity index (χ3v) is 4.62.